The zero-order valence-electron chi connectivity index (χ0n) is 6.04. The second-order valence-corrected chi connectivity index (χ2v) is 3.48. The summed E-state index contributed by atoms with van der Waals surface area (Å²) in [6, 6.07) is 5.10. The van der Waals surface area contributed by atoms with Gasteiger partial charge in [-0.05, 0) is 34.7 Å². The highest BCUT2D eigenvalue weighted by Crippen LogP contribution is 2.06. The lowest BCUT2D eigenvalue weighted by Gasteiger charge is -1.94. The van der Waals surface area contributed by atoms with E-state index in [1.807, 2.05) is 6.07 Å². The van der Waals surface area contributed by atoms with E-state index in [-0.39, 0.29) is 5.43 Å². The van der Waals surface area contributed by atoms with Gasteiger partial charge in [-0.1, -0.05) is 0 Å². The van der Waals surface area contributed by atoms with Gasteiger partial charge < -0.3 is 4.98 Å². The van der Waals surface area contributed by atoms with Crippen molar-refractivity contribution in [3.63, 3.8) is 0 Å². The third-order valence-corrected chi connectivity index (χ3v) is 2.18. The van der Waals surface area contributed by atoms with E-state index in [0.29, 0.717) is 11.0 Å². The van der Waals surface area contributed by atoms with Crippen molar-refractivity contribution in [2.45, 2.75) is 0 Å². The van der Waals surface area contributed by atoms with Gasteiger partial charge in [-0.25, -0.2) is 4.98 Å². The molecule has 0 fully saturated rings. The predicted octanol–water partition coefficient (Wildman–Crippen LogP) is 1.53. The Kier molecular flexibility index (Phi) is 1.84. The van der Waals surface area contributed by atoms with Crippen LogP contribution in [0, 0.1) is 3.70 Å². The Balaban J connectivity index is 2.96. The maximum absolute atomic E-state index is 11.2. The zero-order valence-corrected chi connectivity index (χ0v) is 8.20. The van der Waals surface area contributed by atoms with E-state index in [1.54, 1.807) is 12.3 Å². The summed E-state index contributed by atoms with van der Waals surface area (Å²) in [4.78, 5) is 18.3. The second-order valence-electron chi connectivity index (χ2n) is 2.37. The molecule has 0 aromatic carbocycles. The third kappa shape index (κ3) is 1.22. The molecule has 2 rings (SSSR count). The summed E-state index contributed by atoms with van der Waals surface area (Å²) >= 11 is 2.11. The Morgan fingerprint density at radius 2 is 2.17 bits per heavy atom. The van der Waals surface area contributed by atoms with Gasteiger partial charge in [0.25, 0.3) is 0 Å². The lowest BCUT2D eigenvalue weighted by molar-refractivity contribution is 1.25. The second kappa shape index (κ2) is 2.85. The Bertz CT molecular complexity index is 478. The highest BCUT2D eigenvalue weighted by molar-refractivity contribution is 14.1. The molecule has 2 aromatic rings. The summed E-state index contributed by atoms with van der Waals surface area (Å²) in [5.74, 6) is 0. The van der Waals surface area contributed by atoms with Crippen molar-refractivity contribution >= 4 is 33.6 Å². The predicted molar refractivity (Wildman–Crippen MR) is 55.1 cm³/mol. The average Bonchev–Trinajstić information content (AvgIpc) is 2.04. The van der Waals surface area contributed by atoms with Crippen LogP contribution in [0.15, 0.2) is 29.2 Å². The summed E-state index contributed by atoms with van der Waals surface area (Å²) < 4.78 is 0.877. The lowest BCUT2D eigenvalue weighted by atomic mass is 10.3. The zero-order chi connectivity index (χ0) is 8.55. The normalized spacial score (nSPS) is 10.4. The standard InChI is InChI=1S/C8H5IN2O/c9-7-2-1-5-6(12)3-4-10-8(5)11-7/h1-4H,(H,10,11,12). The van der Waals surface area contributed by atoms with Gasteiger partial charge in [-0.2, -0.15) is 0 Å². The van der Waals surface area contributed by atoms with Crippen molar-refractivity contribution in [1.82, 2.24) is 9.97 Å². The van der Waals surface area contributed by atoms with Gasteiger partial charge in [-0.3, -0.25) is 4.79 Å². The van der Waals surface area contributed by atoms with Crippen molar-refractivity contribution in [1.29, 1.82) is 0 Å². The van der Waals surface area contributed by atoms with Crippen LogP contribution in [0.25, 0.3) is 11.0 Å². The fourth-order valence-corrected chi connectivity index (χ4v) is 1.45. The number of aromatic amines is 1. The average molecular weight is 272 g/mol. The van der Waals surface area contributed by atoms with Gasteiger partial charge in [0.15, 0.2) is 5.43 Å². The Morgan fingerprint density at radius 1 is 1.33 bits per heavy atom. The molecular weight excluding hydrogens is 267 g/mol. The van der Waals surface area contributed by atoms with Crippen molar-refractivity contribution in [3.8, 4) is 0 Å². The summed E-state index contributed by atoms with van der Waals surface area (Å²) in [5.41, 5.74) is 0.655. The Hall–Kier alpha value is -0.910. The molecule has 0 atom stereocenters. The first kappa shape index (κ1) is 7.72. The van der Waals surface area contributed by atoms with E-state index in [0.717, 1.165) is 3.70 Å². The topological polar surface area (TPSA) is 45.8 Å². The van der Waals surface area contributed by atoms with Gasteiger partial charge in [0.1, 0.15) is 9.35 Å². The summed E-state index contributed by atoms with van der Waals surface area (Å²) in [6.07, 6.45) is 1.60. The number of nitrogens with zero attached hydrogens (tertiary/aromatic N) is 1. The molecule has 3 nitrogen and oxygen atoms in total. The van der Waals surface area contributed by atoms with Crippen molar-refractivity contribution < 1.29 is 0 Å². The molecule has 0 radical (unpaired) electrons. The van der Waals surface area contributed by atoms with Crippen molar-refractivity contribution in [2.24, 2.45) is 0 Å². The molecule has 0 amide bonds. The number of aromatic nitrogens is 2. The van der Waals surface area contributed by atoms with Crippen LogP contribution in [0.4, 0.5) is 0 Å². The molecular formula is C8H5IN2O. The molecule has 0 bridgehead atoms. The van der Waals surface area contributed by atoms with Crippen LogP contribution in [-0.2, 0) is 0 Å². The van der Waals surface area contributed by atoms with Gasteiger partial charge in [0.05, 0.1) is 5.39 Å². The van der Waals surface area contributed by atoms with Crippen LogP contribution in [0.2, 0.25) is 0 Å². The number of rotatable bonds is 0. The SMILES string of the molecule is O=c1cc[nH]c2nc(I)ccc12. The Morgan fingerprint density at radius 3 is 3.00 bits per heavy atom. The highest BCUT2D eigenvalue weighted by atomic mass is 127. The van der Waals surface area contributed by atoms with Gasteiger partial charge in [0.2, 0.25) is 0 Å². The molecule has 0 aliphatic heterocycles. The van der Waals surface area contributed by atoms with E-state index in [2.05, 4.69) is 32.6 Å². The maximum Gasteiger partial charge on any atom is 0.191 e. The smallest absolute Gasteiger partial charge is 0.191 e. The summed E-state index contributed by atoms with van der Waals surface area (Å²) in [6.45, 7) is 0. The minimum Gasteiger partial charge on any atom is -0.346 e. The van der Waals surface area contributed by atoms with Gasteiger partial charge in [0, 0.05) is 12.3 Å². The van der Waals surface area contributed by atoms with Crippen LogP contribution in [-0.4, -0.2) is 9.97 Å². The van der Waals surface area contributed by atoms with E-state index in [4.69, 9.17) is 0 Å². The number of halogens is 1. The van der Waals surface area contributed by atoms with Crippen molar-refractivity contribution in [2.75, 3.05) is 0 Å². The van der Waals surface area contributed by atoms with E-state index < -0.39 is 0 Å². The molecule has 0 spiro atoms. The first-order valence-electron chi connectivity index (χ1n) is 3.41. The quantitative estimate of drug-likeness (QED) is 0.584. The minimum atomic E-state index is 0.00708. The van der Waals surface area contributed by atoms with Crippen LogP contribution in [0.5, 0.6) is 0 Å². The minimum absolute atomic E-state index is 0.00708. The number of hydrogen-bond donors (Lipinski definition) is 1. The Labute approximate surface area is 82.0 Å². The van der Waals surface area contributed by atoms with E-state index >= 15 is 0 Å². The van der Waals surface area contributed by atoms with Gasteiger partial charge >= 0.3 is 0 Å². The van der Waals surface area contributed by atoms with Crippen LogP contribution in [0.3, 0.4) is 0 Å². The number of H-pyrrole nitrogens is 1. The summed E-state index contributed by atoms with van der Waals surface area (Å²) in [7, 11) is 0. The van der Waals surface area contributed by atoms with E-state index in [9.17, 15) is 4.79 Å². The molecule has 0 aliphatic carbocycles. The van der Waals surface area contributed by atoms with Gasteiger partial charge in [-0.15, -0.1) is 0 Å². The third-order valence-electron chi connectivity index (χ3n) is 1.58. The van der Waals surface area contributed by atoms with Crippen LogP contribution >= 0.6 is 22.6 Å². The maximum atomic E-state index is 11.2. The highest BCUT2D eigenvalue weighted by Gasteiger charge is 1.97. The summed E-state index contributed by atoms with van der Waals surface area (Å²) in [5, 5.41) is 0.637. The fraction of sp³-hybridized carbons (Fsp3) is 0. The number of fused-ring (bicyclic) bond motifs is 1. The largest absolute Gasteiger partial charge is 0.346 e. The molecule has 2 heterocycles. The molecule has 12 heavy (non-hydrogen) atoms. The molecule has 60 valence electrons. The number of hydrogen-bond acceptors (Lipinski definition) is 2. The molecule has 0 unspecified atom stereocenters. The number of pyridine rings is 2. The number of nitrogens with one attached hydrogen (secondary N) is 1. The monoisotopic (exact) mass is 272 g/mol. The molecule has 0 saturated carbocycles. The van der Waals surface area contributed by atoms with E-state index in [1.165, 1.54) is 6.07 Å². The molecule has 0 aliphatic rings. The fourth-order valence-electron chi connectivity index (χ4n) is 1.03. The first-order chi connectivity index (χ1) is 5.77. The molecule has 0 saturated heterocycles. The first-order valence-corrected chi connectivity index (χ1v) is 4.49. The lowest BCUT2D eigenvalue weighted by Crippen LogP contribution is -2.01. The molecule has 2 aromatic heterocycles. The molecule has 1 N–H and O–H groups in total. The van der Waals surface area contributed by atoms with Crippen LogP contribution < -0.4 is 5.43 Å². The van der Waals surface area contributed by atoms with Crippen LogP contribution in [0.1, 0.15) is 0 Å². The molecule has 4 heteroatoms. The van der Waals surface area contributed by atoms with Crippen molar-refractivity contribution in [3.05, 3.63) is 38.3 Å².